The molecule has 29 heavy (non-hydrogen) atoms. The molecule has 1 N–H and O–H groups in total. The first-order valence-electron chi connectivity index (χ1n) is 10.9. The third-order valence-corrected chi connectivity index (χ3v) is 10.5. The molecule has 1 aromatic rings. The van der Waals surface area contributed by atoms with E-state index in [9.17, 15) is 5.11 Å². The zero-order valence-corrected chi connectivity index (χ0v) is 21.1. The summed E-state index contributed by atoms with van der Waals surface area (Å²) in [7, 11) is -1.65. The first-order chi connectivity index (χ1) is 13.3. The van der Waals surface area contributed by atoms with Crippen LogP contribution < -0.4 is 0 Å². The van der Waals surface area contributed by atoms with E-state index in [1.807, 2.05) is 19.9 Å². The fourth-order valence-corrected chi connectivity index (χ4v) is 3.89. The maximum Gasteiger partial charge on any atom is 0.191 e. The largest absolute Gasteiger partial charge is 0.449 e. The molecule has 5 heteroatoms. The molecule has 0 saturated carbocycles. The second-order valence-electron chi connectivity index (χ2n) is 10.1. The number of rotatable bonds is 11. The molecule has 0 aromatic carbocycles. The second-order valence-corrected chi connectivity index (χ2v) is 14.9. The summed E-state index contributed by atoms with van der Waals surface area (Å²) in [5.74, 6) is 1.22. The maximum atomic E-state index is 10.4. The lowest BCUT2D eigenvalue weighted by Gasteiger charge is -2.37. The predicted molar refractivity (Wildman–Crippen MR) is 125 cm³/mol. The van der Waals surface area contributed by atoms with Gasteiger partial charge < -0.3 is 13.9 Å². The highest BCUT2D eigenvalue weighted by molar-refractivity contribution is 6.74. The molecule has 0 aliphatic heterocycles. The van der Waals surface area contributed by atoms with Gasteiger partial charge in [-0.15, -0.1) is 0 Å². The zero-order chi connectivity index (χ0) is 22.2. The van der Waals surface area contributed by atoms with Crippen LogP contribution in [0.25, 0.3) is 6.08 Å². The zero-order valence-electron chi connectivity index (χ0n) is 20.1. The summed E-state index contributed by atoms with van der Waals surface area (Å²) in [6, 6.07) is 0. The van der Waals surface area contributed by atoms with Gasteiger partial charge in [0.1, 0.15) is 12.0 Å². The summed E-state index contributed by atoms with van der Waals surface area (Å²) in [6.45, 7) is 20.6. The van der Waals surface area contributed by atoms with Crippen LogP contribution >= 0.6 is 0 Å². The van der Waals surface area contributed by atoms with Crippen molar-refractivity contribution >= 4 is 14.4 Å². The summed E-state index contributed by atoms with van der Waals surface area (Å²) < 4.78 is 11.5. The minimum absolute atomic E-state index is 0.270. The highest BCUT2D eigenvalue weighted by Gasteiger charge is 2.37. The van der Waals surface area contributed by atoms with Crippen molar-refractivity contribution < 1.29 is 13.9 Å². The van der Waals surface area contributed by atoms with Gasteiger partial charge in [0, 0.05) is 13.5 Å². The lowest BCUT2D eigenvalue weighted by atomic mass is 10.0. The van der Waals surface area contributed by atoms with Crippen molar-refractivity contribution in [1.82, 2.24) is 4.98 Å². The van der Waals surface area contributed by atoms with Crippen LogP contribution in [-0.4, -0.2) is 31.1 Å². The van der Waals surface area contributed by atoms with E-state index in [0.29, 0.717) is 18.2 Å². The summed E-state index contributed by atoms with van der Waals surface area (Å²) in [5, 5.41) is 10.6. The average Bonchev–Trinajstić information content (AvgIpc) is 3.01. The Morgan fingerprint density at radius 2 is 1.97 bits per heavy atom. The van der Waals surface area contributed by atoms with Crippen LogP contribution in [0.5, 0.6) is 0 Å². The monoisotopic (exact) mass is 421 g/mol. The highest BCUT2D eigenvalue weighted by Crippen LogP contribution is 2.36. The standard InChI is InChI=1S/C24H43NO3Si/c1-18(11-10-12-19(2)16-28-29(8,9)24(5,6)7)13-14-23(26)20(3)15-22-17-27-21(4)25-22/h13,15,17,19,23,26H,10-12,14,16H2,1-9H3/b18-13-,20-15+/t19-,23-/m0/s1. The topological polar surface area (TPSA) is 55.5 Å². The van der Waals surface area contributed by atoms with E-state index in [4.69, 9.17) is 8.84 Å². The summed E-state index contributed by atoms with van der Waals surface area (Å²) in [5.41, 5.74) is 3.00. The van der Waals surface area contributed by atoms with Crippen molar-refractivity contribution in [2.75, 3.05) is 6.61 Å². The van der Waals surface area contributed by atoms with Gasteiger partial charge in [-0.3, -0.25) is 0 Å². The minimum Gasteiger partial charge on any atom is -0.449 e. The third-order valence-electron chi connectivity index (χ3n) is 6.03. The molecule has 0 aliphatic rings. The third kappa shape index (κ3) is 9.45. The Bertz CT molecular complexity index is 683. The van der Waals surface area contributed by atoms with Gasteiger partial charge in [-0.2, -0.15) is 0 Å². The van der Waals surface area contributed by atoms with Crippen LogP contribution in [-0.2, 0) is 4.43 Å². The Morgan fingerprint density at radius 3 is 2.52 bits per heavy atom. The van der Waals surface area contributed by atoms with Gasteiger partial charge in [-0.25, -0.2) is 4.98 Å². The van der Waals surface area contributed by atoms with Gasteiger partial charge in [-0.05, 0) is 75.2 Å². The number of aromatic nitrogens is 1. The molecule has 166 valence electrons. The Labute approximate surface area is 179 Å². The van der Waals surface area contributed by atoms with Crippen molar-refractivity contribution in [2.45, 2.75) is 98.4 Å². The molecule has 1 aromatic heterocycles. The van der Waals surface area contributed by atoms with Gasteiger partial charge >= 0.3 is 0 Å². The van der Waals surface area contributed by atoms with E-state index >= 15 is 0 Å². The van der Waals surface area contributed by atoms with Gasteiger partial charge in [0.2, 0.25) is 0 Å². The maximum absolute atomic E-state index is 10.4. The molecule has 0 bridgehead atoms. The Kier molecular flexibility index (Phi) is 10.1. The van der Waals surface area contributed by atoms with Crippen molar-refractivity contribution in [3.63, 3.8) is 0 Å². The number of aryl methyl sites for hydroxylation is 1. The molecule has 1 heterocycles. The van der Waals surface area contributed by atoms with E-state index in [0.717, 1.165) is 30.7 Å². The summed E-state index contributed by atoms with van der Waals surface area (Å²) in [6.07, 6.45) is 9.21. The second kappa shape index (κ2) is 11.3. The van der Waals surface area contributed by atoms with Gasteiger partial charge in [0.05, 0.1) is 6.10 Å². The molecule has 0 spiro atoms. The Balaban J connectivity index is 2.35. The van der Waals surface area contributed by atoms with E-state index in [1.165, 1.54) is 12.0 Å². The Hall–Kier alpha value is -1.17. The molecular weight excluding hydrogens is 378 g/mol. The van der Waals surface area contributed by atoms with Crippen LogP contribution in [0.3, 0.4) is 0 Å². The lowest BCUT2D eigenvalue weighted by molar-refractivity contribution is 0.215. The molecule has 1 rings (SSSR count). The molecule has 0 unspecified atom stereocenters. The minimum atomic E-state index is -1.65. The number of nitrogens with zero attached hydrogens (tertiary/aromatic N) is 1. The number of aliphatic hydroxyl groups excluding tert-OH is 1. The van der Waals surface area contributed by atoms with E-state index in [-0.39, 0.29) is 5.04 Å². The van der Waals surface area contributed by atoms with E-state index < -0.39 is 14.4 Å². The number of allylic oxidation sites excluding steroid dienone is 1. The molecule has 0 amide bonds. The highest BCUT2D eigenvalue weighted by atomic mass is 28.4. The molecule has 4 nitrogen and oxygen atoms in total. The summed E-state index contributed by atoms with van der Waals surface area (Å²) in [4.78, 5) is 4.25. The van der Waals surface area contributed by atoms with Gasteiger partial charge in [0.25, 0.3) is 0 Å². The lowest BCUT2D eigenvalue weighted by Crippen LogP contribution is -2.41. The molecule has 0 fully saturated rings. The molecular formula is C24H43NO3Si. The average molecular weight is 422 g/mol. The fraction of sp³-hybridized carbons (Fsp3) is 0.708. The molecule has 2 atom stereocenters. The molecule has 0 saturated heterocycles. The SMILES string of the molecule is C/C(=C/C[C@H](O)/C(C)=C/c1coc(C)n1)CCC[C@H](C)CO[Si](C)(C)C(C)(C)C. The predicted octanol–water partition coefficient (Wildman–Crippen LogP) is 6.91. The normalized spacial score (nSPS) is 16.2. The first kappa shape index (κ1) is 25.9. The number of oxazole rings is 1. The quantitative estimate of drug-likeness (QED) is 0.311. The van der Waals surface area contributed by atoms with Crippen LogP contribution in [0.15, 0.2) is 27.9 Å². The van der Waals surface area contributed by atoms with Gasteiger partial charge in [-0.1, -0.05) is 39.3 Å². The van der Waals surface area contributed by atoms with E-state index in [1.54, 1.807) is 6.26 Å². The van der Waals surface area contributed by atoms with Crippen molar-refractivity contribution in [1.29, 1.82) is 0 Å². The molecule has 0 radical (unpaired) electrons. The Morgan fingerprint density at radius 1 is 1.31 bits per heavy atom. The first-order valence-corrected chi connectivity index (χ1v) is 13.8. The fourth-order valence-electron chi connectivity index (χ4n) is 2.76. The number of hydrogen-bond donors (Lipinski definition) is 1. The van der Waals surface area contributed by atoms with Crippen molar-refractivity contribution in [3.8, 4) is 0 Å². The van der Waals surface area contributed by atoms with Crippen LogP contribution in [0.1, 0.15) is 78.8 Å². The van der Waals surface area contributed by atoms with Gasteiger partial charge in [0.15, 0.2) is 14.2 Å². The number of aliphatic hydroxyl groups is 1. The van der Waals surface area contributed by atoms with Crippen molar-refractivity contribution in [3.05, 3.63) is 35.1 Å². The van der Waals surface area contributed by atoms with Crippen LogP contribution in [0.4, 0.5) is 0 Å². The van der Waals surface area contributed by atoms with Crippen molar-refractivity contribution in [2.24, 2.45) is 5.92 Å². The number of hydrogen-bond acceptors (Lipinski definition) is 4. The molecule has 0 aliphatic carbocycles. The summed E-state index contributed by atoms with van der Waals surface area (Å²) >= 11 is 0. The van der Waals surface area contributed by atoms with E-state index in [2.05, 4.69) is 58.8 Å². The van der Waals surface area contributed by atoms with Crippen LogP contribution in [0, 0.1) is 12.8 Å². The van der Waals surface area contributed by atoms with Crippen LogP contribution in [0.2, 0.25) is 18.1 Å². The smallest absolute Gasteiger partial charge is 0.191 e.